The minimum absolute atomic E-state index is 0.313. The lowest BCUT2D eigenvalue weighted by molar-refractivity contribution is 1.32. The average Bonchev–Trinajstić information content (AvgIpc) is 1.27. The highest BCUT2D eigenvalue weighted by molar-refractivity contribution is 9.18. The lowest BCUT2D eigenvalue weighted by atomic mass is 10.5. The first-order chi connectivity index (χ1) is 3.13. The summed E-state index contributed by atoms with van der Waals surface area (Å²) in [7, 11) is 0. The zero-order chi connectivity index (χ0) is 5.86. The van der Waals surface area contributed by atoms with Crippen LogP contribution in [0.5, 0.6) is 0 Å². The summed E-state index contributed by atoms with van der Waals surface area (Å²) in [6, 6.07) is 0. The van der Waals surface area contributed by atoms with Crippen LogP contribution in [0, 0.1) is 5.41 Å². The fourth-order valence-electron chi connectivity index (χ4n) is 0.200. The van der Waals surface area contributed by atoms with E-state index in [9.17, 15) is 0 Å². The molecule has 40 valence electrons. The Morgan fingerprint density at radius 2 is 2.29 bits per heavy atom. The lowest BCUT2D eigenvalue weighted by Gasteiger charge is -1.83. The van der Waals surface area contributed by atoms with Crippen LogP contribution in [0.2, 0.25) is 0 Å². The van der Waals surface area contributed by atoms with Crippen LogP contribution in [0.4, 0.5) is 0 Å². The van der Waals surface area contributed by atoms with E-state index in [0.29, 0.717) is 10.3 Å². The van der Waals surface area contributed by atoms with Gasteiger partial charge in [-0.1, -0.05) is 0 Å². The van der Waals surface area contributed by atoms with Gasteiger partial charge in [-0.25, -0.2) is 0 Å². The van der Waals surface area contributed by atoms with Crippen molar-refractivity contribution in [2.75, 3.05) is 0 Å². The molecular formula is C4H7BrN2. The van der Waals surface area contributed by atoms with Crippen molar-refractivity contribution in [3.05, 3.63) is 11.8 Å². The number of allylic oxidation sites excluding steroid dienone is 2. The number of hydrogen-bond donors (Lipinski definition) is 2. The number of halogens is 1. The van der Waals surface area contributed by atoms with Gasteiger partial charge in [-0.15, -0.1) is 0 Å². The summed E-state index contributed by atoms with van der Waals surface area (Å²) >= 11 is 2.90. The molecule has 0 saturated heterocycles. The fraction of sp³-hybridized carbons (Fsp3) is 0.250. The Morgan fingerprint density at radius 1 is 1.86 bits per heavy atom. The van der Waals surface area contributed by atoms with Crippen LogP contribution in [0.15, 0.2) is 11.8 Å². The Balaban J connectivity index is 3.68. The molecule has 0 radical (unpaired) electrons. The van der Waals surface area contributed by atoms with E-state index in [4.69, 9.17) is 11.1 Å². The van der Waals surface area contributed by atoms with Crippen molar-refractivity contribution in [1.29, 1.82) is 5.41 Å². The molecule has 0 rings (SSSR count). The summed E-state index contributed by atoms with van der Waals surface area (Å²) in [4.78, 5) is 0. The van der Waals surface area contributed by atoms with Crippen LogP contribution >= 0.6 is 15.9 Å². The molecule has 0 aliphatic carbocycles. The van der Waals surface area contributed by atoms with E-state index in [0.717, 1.165) is 0 Å². The zero-order valence-corrected chi connectivity index (χ0v) is 5.62. The minimum atomic E-state index is 0.313. The van der Waals surface area contributed by atoms with Gasteiger partial charge in [0.1, 0.15) is 0 Å². The molecule has 0 heterocycles. The highest BCUT2D eigenvalue weighted by Crippen LogP contribution is 1.88. The smallest absolute Gasteiger partial charge is 0.0983 e. The minimum Gasteiger partial charge on any atom is -0.402 e. The molecule has 0 spiro atoms. The van der Waals surface area contributed by atoms with Gasteiger partial charge in [0.25, 0.3) is 0 Å². The molecule has 3 heteroatoms. The van der Waals surface area contributed by atoms with Crippen LogP contribution in [0.3, 0.4) is 0 Å². The summed E-state index contributed by atoms with van der Waals surface area (Å²) in [5, 5.41) is 6.78. The normalized spacial score (nSPS) is 11.4. The van der Waals surface area contributed by atoms with Gasteiger partial charge in [0.2, 0.25) is 0 Å². The molecule has 3 N–H and O–H groups in total. The van der Waals surface area contributed by atoms with Crippen molar-refractivity contribution in [2.45, 2.75) is 6.92 Å². The maximum atomic E-state index is 6.78. The van der Waals surface area contributed by atoms with Gasteiger partial charge in [0.05, 0.1) is 4.62 Å². The van der Waals surface area contributed by atoms with Crippen molar-refractivity contribution < 1.29 is 0 Å². The number of hydrogen-bond acceptors (Lipinski definition) is 2. The third kappa shape index (κ3) is 5.69. The number of nitrogens with one attached hydrogen (secondary N) is 1. The predicted molar refractivity (Wildman–Crippen MR) is 34.6 cm³/mol. The first-order valence-corrected chi connectivity index (χ1v) is 2.60. The topological polar surface area (TPSA) is 49.9 Å². The quantitative estimate of drug-likeness (QED) is 0.561. The summed E-state index contributed by atoms with van der Waals surface area (Å²) in [5.74, 6) is 0. The highest BCUT2D eigenvalue weighted by Gasteiger charge is 1.78. The van der Waals surface area contributed by atoms with Gasteiger partial charge in [-0.3, -0.25) is 5.41 Å². The molecule has 0 amide bonds. The van der Waals surface area contributed by atoms with Crippen LogP contribution in [0.1, 0.15) is 6.92 Å². The first-order valence-electron chi connectivity index (χ1n) is 1.81. The summed E-state index contributed by atoms with van der Waals surface area (Å²) in [5.41, 5.74) is 5.82. The standard InChI is InChI=1S/C4H7BrN2/c1-3(6)2-4(5)7/h2,7H,6H2,1H3/b3-2-,7-4?. The number of rotatable bonds is 1. The molecule has 0 atom stereocenters. The zero-order valence-electron chi connectivity index (χ0n) is 4.03. The molecular weight excluding hydrogens is 156 g/mol. The molecule has 2 nitrogen and oxygen atoms in total. The fourth-order valence-corrected chi connectivity index (χ4v) is 0.561. The van der Waals surface area contributed by atoms with Gasteiger partial charge < -0.3 is 5.73 Å². The Bertz CT molecular complexity index is 102. The van der Waals surface area contributed by atoms with E-state index >= 15 is 0 Å². The van der Waals surface area contributed by atoms with E-state index < -0.39 is 0 Å². The highest BCUT2D eigenvalue weighted by atomic mass is 79.9. The van der Waals surface area contributed by atoms with E-state index in [2.05, 4.69) is 15.9 Å². The van der Waals surface area contributed by atoms with Crippen molar-refractivity contribution in [3.63, 3.8) is 0 Å². The Kier molecular flexibility index (Phi) is 2.67. The lowest BCUT2D eigenvalue weighted by Crippen LogP contribution is -1.91. The molecule has 0 aliphatic rings. The summed E-state index contributed by atoms with van der Waals surface area (Å²) in [6.45, 7) is 1.73. The number of nitrogens with two attached hydrogens (primary N) is 1. The molecule has 0 aromatic carbocycles. The average molecular weight is 163 g/mol. The Labute approximate surface area is 51.0 Å². The third-order valence-electron chi connectivity index (χ3n) is 0.354. The van der Waals surface area contributed by atoms with Gasteiger partial charge >= 0.3 is 0 Å². The van der Waals surface area contributed by atoms with E-state index in [1.54, 1.807) is 6.92 Å². The first kappa shape index (κ1) is 6.69. The molecule has 0 aromatic heterocycles. The third-order valence-corrected chi connectivity index (χ3v) is 0.583. The van der Waals surface area contributed by atoms with Gasteiger partial charge in [0, 0.05) is 5.70 Å². The van der Waals surface area contributed by atoms with Crippen molar-refractivity contribution in [2.24, 2.45) is 5.73 Å². The van der Waals surface area contributed by atoms with Crippen molar-refractivity contribution >= 4 is 20.6 Å². The SMILES string of the molecule is C/C(N)=C/C(=N)Br. The Morgan fingerprint density at radius 3 is 2.29 bits per heavy atom. The molecule has 0 fully saturated rings. The largest absolute Gasteiger partial charge is 0.402 e. The second-order valence-corrected chi connectivity index (χ2v) is 2.09. The van der Waals surface area contributed by atoms with E-state index in [1.807, 2.05) is 0 Å². The molecule has 0 aliphatic heterocycles. The van der Waals surface area contributed by atoms with E-state index in [1.165, 1.54) is 6.08 Å². The maximum absolute atomic E-state index is 6.78. The second kappa shape index (κ2) is 2.80. The van der Waals surface area contributed by atoms with Gasteiger partial charge in [-0.05, 0) is 28.9 Å². The van der Waals surface area contributed by atoms with Crippen molar-refractivity contribution in [1.82, 2.24) is 0 Å². The molecule has 0 bridgehead atoms. The summed E-state index contributed by atoms with van der Waals surface area (Å²) in [6.07, 6.45) is 1.53. The Hall–Kier alpha value is -0.310. The molecule has 0 saturated carbocycles. The monoisotopic (exact) mass is 162 g/mol. The van der Waals surface area contributed by atoms with E-state index in [-0.39, 0.29) is 0 Å². The second-order valence-electron chi connectivity index (χ2n) is 1.24. The molecule has 0 aromatic rings. The van der Waals surface area contributed by atoms with Crippen molar-refractivity contribution in [3.8, 4) is 0 Å². The summed E-state index contributed by atoms with van der Waals surface area (Å²) < 4.78 is 0.313. The van der Waals surface area contributed by atoms with Gasteiger partial charge in [-0.2, -0.15) is 0 Å². The van der Waals surface area contributed by atoms with Crippen LogP contribution in [-0.4, -0.2) is 4.62 Å². The molecule has 0 unspecified atom stereocenters. The molecule has 7 heavy (non-hydrogen) atoms. The van der Waals surface area contributed by atoms with Crippen LogP contribution < -0.4 is 5.73 Å². The van der Waals surface area contributed by atoms with Crippen LogP contribution in [0.25, 0.3) is 0 Å². The maximum Gasteiger partial charge on any atom is 0.0983 e. The predicted octanol–water partition coefficient (Wildman–Crippen LogP) is 1.22. The van der Waals surface area contributed by atoms with Crippen LogP contribution in [-0.2, 0) is 0 Å². The van der Waals surface area contributed by atoms with Gasteiger partial charge in [0.15, 0.2) is 0 Å².